The fourth-order valence-electron chi connectivity index (χ4n) is 4.76. The van der Waals surface area contributed by atoms with Gasteiger partial charge in [-0.15, -0.1) is 0 Å². The summed E-state index contributed by atoms with van der Waals surface area (Å²) in [6.45, 7) is 5.69. The highest BCUT2D eigenvalue weighted by Gasteiger charge is 2.30. The zero-order valence-electron chi connectivity index (χ0n) is 17.4. The van der Waals surface area contributed by atoms with Crippen molar-refractivity contribution in [3.63, 3.8) is 0 Å². The monoisotopic (exact) mass is 401 g/mol. The van der Waals surface area contributed by atoms with Crippen molar-refractivity contribution in [3.05, 3.63) is 77.2 Å². The highest BCUT2D eigenvalue weighted by Crippen LogP contribution is 2.26. The molecule has 0 aliphatic carbocycles. The van der Waals surface area contributed by atoms with Crippen LogP contribution in [-0.2, 0) is 13.0 Å². The number of rotatable bonds is 3. The van der Waals surface area contributed by atoms with Gasteiger partial charge in [-0.1, -0.05) is 30.3 Å². The minimum absolute atomic E-state index is 0.0807. The molecule has 1 amide bonds. The van der Waals surface area contributed by atoms with Gasteiger partial charge in [-0.05, 0) is 49.4 Å². The van der Waals surface area contributed by atoms with Crippen LogP contribution in [0.5, 0.6) is 0 Å². The number of piperidine rings is 1. The molecule has 0 saturated carbocycles. The SMILES string of the molecule is Cc1c(C(=O)N2CCC(N3CCc4ccccc4C3)CC2)cnn1-c1ccccn1. The van der Waals surface area contributed by atoms with Crippen molar-refractivity contribution in [1.29, 1.82) is 0 Å². The molecule has 0 radical (unpaired) electrons. The first-order valence-electron chi connectivity index (χ1n) is 10.8. The van der Waals surface area contributed by atoms with Crippen molar-refractivity contribution < 1.29 is 4.79 Å². The molecule has 2 aromatic heterocycles. The molecule has 0 unspecified atom stereocenters. The Kier molecular flexibility index (Phi) is 5.09. The number of hydrogen-bond acceptors (Lipinski definition) is 4. The van der Waals surface area contributed by atoms with Gasteiger partial charge in [0, 0.05) is 38.4 Å². The summed E-state index contributed by atoms with van der Waals surface area (Å²) >= 11 is 0. The molecule has 5 rings (SSSR count). The molecule has 30 heavy (non-hydrogen) atoms. The Morgan fingerprint density at radius 3 is 2.53 bits per heavy atom. The second kappa shape index (κ2) is 8.03. The van der Waals surface area contributed by atoms with Gasteiger partial charge in [-0.2, -0.15) is 5.10 Å². The summed E-state index contributed by atoms with van der Waals surface area (Å²) in [5.74, 6) is 0.815. The number of carbonyl (C=O) groups excluding carboxylic acids is 1. The molecule has 2 aliphatic heterocycles. The lowest BCUT2D eigenvalue weighted by Gasteiger charge is -2.40. The predicted molar refractivity (Wildman–Crippen MR) is 116 cm³/mol. The van der Waals surface area contributed by atoms with E-state index in [1.54, 1.807) is 17.1 Å². The molecule has 6 heteroatoms. The van der Waals surface area contributed by atoms with Gasteiger partial charge in [0.05, 0.1) is 17.5 Å². The highest BCUT2D eigenvalue weighted by atomic mass is 16.2. The summed E-state index contributed by atoms with van der Waals surface area (Å²) in [5, 5.41) is 4.41. The fourth-order valence-corrected chi connectivity index (χ4v) is 4.76. The Morgan fingerprint density at radius 2 is 1.77 bits per heavy atom. The maximum atomic E-state index is 13.2. The number of amides is 1. The lowest BCUT2D eigenvalue weighted by molar-refractivity contribution is 0.0598. The smallest absolute Gasteiger partial charge is 0.257 e. The quantitative estimate of drug-likeness (QED) is 0.676. The number of hydrogen-bond donors (Lipinski definition) is 0. The zero-order valence-corrected chi connectivity index (χ0v) is 17.4. The zero-order chi connectivity index (χ0) is 20.5. The van der Waals surface area contributed by atoms with E-state index in [2.05, 4.69) is 39.2 Å². The third kappa shape index (κ3) is 3.52. The minimum atomic E-state index is 0.0807. The molecule has 6 nitrogen and oxygen atoms in total. The summed E-state index contributed by atoms with van der Waals surface area (Å²) in [6, 6.07) is 15.0. The molecule has 0 spiro atoms. The van der Waals surface area contributed by atoms with Gasteiger partial charge in [-0.3, -0.25) is 9.69 Å². The van der Waals surface area contributed by atoms with Crippen LogP contribution in [0.15, 0.2) is 54.9 Å². The van der Waals surface area contributed by atoms with E-state index in [1.807, 2.05) is 30.0 Å². The van der Waals surface area contributed by atoms with Crippen LogP contribution in [0.25, 0.3) is 5.82 Å². The molecular weight excluding hydrogens is 374 g/mol. The summed E-state index contributed by atoms with van der Waals surface area (Å²) in [7, 11) is 0. The van der Waals surface area contributed by atoms with Crippen LogP contribution in [0.1, 0.15) is 40.0 Å². The van der Waals surface area contributed by atoms with Crippen molar-refractivity contribution >= 4 is 5.91 Å². The van der Waals surface area contributed by atoms with Crippen LogP contribution in [0.4, 0.5) is 0 Å². The van der Waals surface area contributed by atoms with Gasteiger partial charge < -0.3 is 4.90 Å². The lowest BCUT2D eigenvalue weighted by atomic mass is 9.95. The van der Waals surface area contributed by atoms with E-state index in [0.29, 0.717) is 11.6 Å². The summed E-state index contributed by atoms with van der Waals surface area (Å²) < 4.78 is 1.74. The van der Waals surface area contributed by atoms with Crippen LogP contribution >= 0.6 is 0 Å². The van der Waals surface area contributed by atoms with Crippen molar-refractivity contribution in [2.24, 2.45) is 0 Å². The van der Waals surface area contributed by atoms with Gasteiger partial charge in [0.15, 0.2) is 5.82 Å². The summed E-state index contributed by atoms with van der Waals surface area (Å²) in [5.41, 5.74) is 4.46. The molecule has 0 N–H and O–H groups in total. The fraction of sp³-hybridized carbons (Fsp3) is 0.375. The normalized spacial score (nSPS) is 17.7. The van der Waals surface area contributed by atoms with E-state index in [4.69, 9.17) is 0 Å². The number of benzene rings is 1. The molecule has 0 atom stereocenters. The average molecular weight is 402 g/mol. The van der Waals surface area contributed by atoms with Gasteiger partial charge >= 0.3 is 0 Å². The van der Waals surface area contributed by atoms with Crippen LogP contribution in [-0.4, -0.2) is 56.1 Å². The maximum Gasteiger partial charge on any atom is 0.257 e. The minimum Gasteiger partial charge on any atom is -0.338 e. The number of nitrogens with zero attached hydrogens (tertiary/aromatic N) is 5. The summed E-state index contributed by atoms with van der Waals surface area (Å²) in [4.78, 5) is 22.1. The number of pyridine rings is 1. The van der Waals surface area contributed by atoms with Gasteiger partial charge in [0.25, 0.3) is 5.91 Å². The summed E-state index contributed by atoms with van der Waals surface area (Å²) in [6.07, 6.45) is 6.60. The standard InChI is InChI=1S/C24H27N5O/c1-18-22(16-26-29(18)23-8-4-5-12-25-23)24(30)27-14-10-21(11-15-27)28-13-9-19-6-2-3-7-20(19)17-28/h2-8,12,16,21H,9-11,13-15,17H2,1H3. The Hall–Kier alpha value is -2.99. The van der Waals surface area contributed by atoms with Crippen LogP contribution < -0.4 is 0 Å². The second-order valence-electron chi connectivity index (χ2n) is 8.26. The first-order chi connectivity index (χ1) is 14.7. The largest absolute Gasteiger partial charge is 0.338 e. The van der Waals surface area contributed by atoms with E-state index in [9.17, 15) is 4.79 Å². The molecule has 1 fully saturated rings. The van der Waals surface area contributed by atoms with Gasteiger partial charge in [-0.25, -0.2) is 9.67 Å². The van der Waals surface area contributed by atoms with E-state index in [0.717, 1.165) is 57.0 Å². The van der Waals surface area contributed by atoms with Gasteiger partial charge in [0.2, 0.25) is 0 Å². The van der Waals surface area contributed by atoms with Crippen LogP contribution in [0, 0.1) is 6.92 Å². The Balaban J connectivity index is 1.23. The Morgan fingerprint density at radius 1 is 1.00 bits per heavy atom. The van der Waals surface area contributed by atoms with E-state index in [-0.39, 0.29) is 5.91 Å². The first-order valence-corrected chi connectivity index (χ1v) is 10.8. The second-order valence-corrected chi connectivity index (χ2v) is 8.26. The number of aromatic nitrogens is 3. The molecule has 1 aromatic carbocycles. The lowest BCUT2D eigenvalue weighted by Crippen LogP contribution is -2.48. The molecule has 4 heterocycles. The number of fused-ring (bicyclic) bond motifs is 1. The molecule has 0 bridgehead atoms. The maximum absolute atomic E-state index is 13.2. The Labute approximate surface area is 177 Å². The van der Waals surface area contributed by atoms with Crippen LogP contribution in [0.3, 0.4) is 0 Å². The number of likely N-dealkylation sites (tertiary alicyclic amines) is 1. The molecule has 154 valence electrons. The van der Waals surface area contributed by atoms with E-state index >= 15 is 0 Å². The molecule has 1 saturated heterocycles. The van der Waals surface area contributed by atoms with Crippen LogP contribution in [0.2, 0.25) is 0 Å². The number of carbonyl (C=O) groups is 1. The Bertz CT molecular complexity index is 1040. The van der Waals surface area contributed by atoms with E-state index in [1.165, 1.54) is 11.1 Å². The van der Waals surface area contributed by atoms with Gasteiger partial charge in [0.1, 0.15) is 0 Å². The third-order valence-electron chi connectivity index (χ3n) is 6.53. The van der Waals surface area contributed by atoms with Crippen molar-refractivity contribution in [1.82, 2.24) is 24.6 Å². The first kappa shape index (κ1) is 19.0. The predicted octanol–water partition coefficient (Wildman–Crippen LogP) is 3.24. The molecule has 3 aromatic rings. The van der Waals surface area contributed by atoms with Crippen molar-refractivity contribution in [2.45, 2.75) is 38.8 Å². The van der Waals surface area contributed by atoms with Crippen molar-refractivity contribution in [3.8, 4) is 5.82 Å². The highest BCUT2D eigenvalue weighted by molar-refractivity contribution is 5.95. The van der Waals surface area contributed by atoms with Crippen molar-refractivity contribution in [2.75, 3.05) is 19.6 Å². The van der Waals surface area contributed by atoms with E-state index < -0.39 is 0 Å². The molecule has 2 aliphatic rings. The third-order valence-corrected chi connectivity index (χ3v) is 6.53. The average Bonchev–Trinajstić information content (AvgIpc) is 3.20. The topological polar surface area (TPSA) is 54.3 Å². The molecular formula is C24H27N5O.